The van der Waals surface area contributed by atoms with Gasteiger partial charge < -0.3 is 0 Å². The van der Waals surface area contributed by atoms with E-state index in [0.29, 0.717) is 28.6 Å². The number of rotatable bonds is 4. The largest absolute Gasteiger partial charge is 0.298 e. The van der Waals surface area contributed by atoms with E-state index in [1.165, 1.54) is 27.0 Å². The number of carbonyl (C=O) groups is 1. The number of amides is 1. The third kappa shape index (κ3) is 4.20. The smallest absolute Gasteiger partial charge is 0.258 e. The van der Waals surface area contributed by atoms with Crippen LogP contribution < -0.4 is 5.32 Å². The van der Waals surface area contributed by atoms with Crippen molar-refractivity contribution >= 4 is 43.7 Å². The summed E-state index contributed by atoms with van der Waals surface area (Å²) in [5.74, 6) is -0.203. The third-order valence-corrected chi connectivity index (χ3v) is 8.60. The van der Waals surface area contributed by atoms with Gasteiger partial charge in [-0.3, -0.25) is 10.1 Å². The molecule has 1 aromatic carbocycles. The molecule has 0 spiro atoms. The number of hydrogen-bond acceptors (Lipinski definition) is 6. The van der Waals surface area contributed by atoms with Crippen molar-refractivity contribution in [2.45, 2.75) is 44.0 Å². The van der Waals surface area contributed by atoms with Crippen molar-refractivity contribution in [2.24, 2.45) is 0 Å². The quantitative estimate of drug-likeness (QED) is 0.620. The number of carbonyl (C=O) groups excluding carboxylic acids is 1. The summed E-state index contributed by atoms with van der Waals surface area (Å²) >= 11 is 2.79. The molecule has 3 heterocycles. The molecule has 1 amide bonds. The number of fused-ring (bicyclic) bond motifs is 1. The zero-order chi connectivity index (χ0) is 21.5. The van der Waals surface area contributed by atoms with Gasteiger partial charge in [-0.25, -0.2) is 13.4 Å². The molecule has 2 aromatic heterocycles. The molecule has 0 saturated carbocycles. The average molecular weight is 462 g/mol. The van der Waals surface area contributed by atoms with Crippen molar-refractivity contribution in [2.75, 3.05) is 11.9 Å². The Kier molecular flexibility index (Phi) is 5.56. The van der Waals surface area contributed by atoms with Crippen LogP contribution in [0.1, 0.15) is 47.3 Å². The van der Waals surface area contributed by atoms with Crippen LogP contribution in [0, 0.1) is 0 Å². The number of benzene rings is 1. The Labute approximate surface area is 184 Å². The number of hydrogen-bond donors (Lipinski definition) is 1. The van der Waals surface area contributed by atoms with Gasteiger partial charge in [0, 0.05) is 23.2 Å². The highest BCUT2D eigenvalue weighted by molar-refractivity contribution is 7.89. The van der Waals surface area contributed by atoms with Crippen molar-refractivity contribution < 1.29 is 13.2 Å². The molecule has 158 valence electrons. The molecule has 0 bridgehead atoms. The fourth-order valence-electron chi connectivity index (χ4n) is 3.27. The summed E-state index contributed by atoms with van der Waals surface area (Å²) in [5, 5.41) is 6.94. The maximum Gasteiger partial charge on any atom is 0.258 e. The monoisotopic (exact) mass is 461 g/mol. The van der Waals surface area contributed by atoms with Crippen LogP contribution in [0.4, 0.5) is 5.13 Å². The molecule has 9 heteroatoms. The van der Waals surface area contributed by atoms with E-state index in [0.717, 1.165) is 16.1 Å². The first-order chi connectivity index (χ1) is 14.1. The zero-order valence-corrected chi connectivity index (χ0v) is 19.5. The van der Waals surface area contributed by atoms with Gasteiger partial charge in [0.2, 0.25) is 10.0 Å². The Morgan fingerprint density at radius 3 is 2.53 bits per heavy atom. The normalized spacial score (nSPS) is 15.0. The Balaban J connectivity index is 1.51. The predicted octanol–water partition coefficient (Wildman–Crippen LogP) is 4.50. The van der Waals surface area contributed by atoms with Crippen LogP contribution in [0.2, 0.25) is 0 Å². The van der Waals surface area contributed by atoms with Gasteiger partial charge in [0.05, 0.1) is 22.7 Å². The molecule has 3 aromatic rings. The number of sulfonamides is 1. The number of thiophene rings is 1. The second-order valence-electron chi connectivity index (χ2n) is 8.22. The Morgan fingerprint density at radius 2 is 1.90 bits per heavy atom. The topological polar surface area (TPSA) is 79.4 Å². The van der Waals surface area contributed by atoms with Gasteiger partial charge in [-0.2, -0.15) is 15.6 Å². The van der Waals surface area contributed by atoms with E-state index in [-0.39, 0.29) is 17.9 Å². The lowest BCUT2D eigenvalue weighted by atomic mass is 9.87. The first-order valence-electron chi connectivity index (χ1n) is 9.57. The van der Waals surface area contributed by atoms with E-state index in [1.807, 2.05) is 17.5 Å². The minimum absolute atomic E-state index is 0.0329. The van der Waals surface area contributed by atoms with E-state index in [4.69, 9.17) is 0 Å². The van der Waals surface area contributed by atoms with Crippen molar-refractivity contribution in [3.05, 3.63) is 62.8 Å². The minimum atomic E-state index is -3.59. The van der Waals surface area contributed by atoms with Crippen molar-refractivity contribution in [1.82, 2.24) is 9.29 Å². The van der Waals surface area contributed by atoms with Gasteiger partial charge in [-0.1, -0.05) is 32.9 Å². The molecule has 1 aliphatic heterocycles. The Bertz CT molecular complexity index is 1160. The number of nitrogens with zero attached hydrogens (tertiary/aromatic N) is 2. The summed E-state index contributed by atoms with van der Waals surface area (Å²) in [4.78, 5) is 17.9. The molecule has 1 N–H and O–H groups in total. The number of anilines is 1. The maximum atomic E-state index is 13.1. The van der Waals surface area contributed by atoms with E-state index in [9.17, 15) is 13.2 Å². The molecule has 0 unspecified atom stereocenters. The molecule has 0 saturated heterocycles. The highest BCUT2D eigenvalue weighted by Crippen LogP contribution is 2.32. The summed E-state index contributed by atoms with van der Waals surface area (Å²) in [5.41, 5.74) is 2.51. The van der Waals surface area contributed by atoms with E-state index < -0.39 is 10.0 Å². The van der Waals surface area contributed by atoms with Gasteiger partial charge in [0.1, 0.15) is 0 Å². The molecule has 1 aliphatic rings. The second kappa shape index (κ2) is 7.88. The summed E-state index contributed by atoms with van der Waals surface area (Å²) < 4.78 is 27.8. The molecule has 0 fully saturated rings. The first kappa shape index (κ1) is 21.2. The van der Waals surface area contributed by atoms with Crippen LogP contribution in [0.3, 0.4) is 0 Å². The number of thiazole rings is 1. The number of nitrogens with one attached hydrogen (secondary N) is 1. The summed E-state index contributed by atoms with van der Waals surface area (Å²) in [6.45, 7) is 6.94. The molecule has 0 aliphatic carbocycles. The third-order valence-electron chi connectivity index (χ3n) is 5.06. The average Bonchev–Trinajstić information content (AvgIpc) is 3.36. The van der Waals surface area contributed by atoms with Crippen molar-refractivity contribution in [3.63, 3.8) is 0 Å². The number of aromatic nitrogens is 1. The van der Waals surface area contributed by atoms with Crippen LogP contribution in [-0.4, -0.2) is 30.2 Å². The van der Waals surface area contributed by atoms with Gasteiger partial charge >= 0.3 is 0 Å². The van der Waals surface area contributed by atoms with Crippen LogP contribution in [0.5, 0.6) is 0 Å². The van der Waals surface area contributed by atoms with Crippen LogP contribution in [-0.2, 0) is 28.4 Å². The lowest BCUT2D eigenvalue weighted by molar-refractivity contribution is 0.102. The summed E-state index contributed by atoms with van der Waals surface area (Å²) in [7, 11) is -3.59. The molecule has 30 heavy (non-hydrogen) atoms. The molecule has 0 atom stereocenters. The zero-order valence-electron chi connectivity index (χ0n) is 17.0. The summed E-state index contributed by atoms with van der Waals surface area (Å²) in [6.07, 6.45) is 0.527. The van der Waals surface area contributed by atoms with Crippen molar-refractivity contribution in [3.8, 4) is 0 Å². The highest BCUT2D eigenvalue weighted by atomic mass is 32.2. The second-order valence-corrected chi connectivity index (χ2v) is 12.0. The van der Waals surface area contributed by atoms with E-state index in [2.05, 4.69) is 31.1 Å². The van der Waals surface area contributed by atoms with Gasteiger partial charge in [-0.15, -0.1) is 11.3 Å². The summed E-state index contributed by atoms with van der Waals surface area (Å²) in [6, 6.07) is 8.89. The minimum Gasteiger partial charge on any atom is -0.298 e. The lowest BCUT2D eigenvalue weighted by Crippen LogP contribution is -2.35. The fraction of sp³-hybridized carbons (Fsp3) is 0.333. The molecule has 0 radical (unpaired) electrons. The fourth-order valence-corrected chi connectivity index (χ4v) is 6.42. The first-order valence-corrected chi connectivity index (χ1v) is 12.8. The van der Waals surface area contributed by atoms with Gasteiger partial charge in [-0.05, 0) is 34.6 Å². The molecule has 6 nitrogen and oxygen atoms in total. The van der Waals surface area contributed by atoms with Gasteiger partial charge in [0.25, 0.3) is 5.91 Å². The van der Waals surface area contributed by atoms with Crippen molar-refractivity contribution in [1.29, 1.82) is 0 Å². The standard InChI is InChI=1S/C21H23N3O3S3/c1-21(2,3)15-4-6-16(7-5-15)30(26,27)24-10-8-17-18(12-24)29-20(22-17)23-19(25)14-9-11-28-13-14/h4-7,9,11,13H,8,10,12H2,1-3H3,(H,22,23,25). The van der Waals surface area contributed by atoms with E-state index in [1.54, 1.807) is 23.6 Å². The predicted molar refractivity (Wildman–Crippen MR) is 121 cm³/mol. The van der Waals surface area contributed by atoms with Gasteiger partial charge in [0.15, 0.2) is 5.13 Å². The molecular formula is C21H23N3O3S3. The Morgan fingerprint density at radius 1 is 1.17 bits per heavy atom. The highest BCUT2D eigenvalue weighted by Gasteiger charge is 2.31. The van der Waals surface area contributed by atoms with Crippen LogP contribution >= 0.6 is 22.7 Å². The lowest BCUT2D eigenvalue weighted by Gasteiger charge is -2.26. The van der Waals surface area contributed by atoms with Crippen LogP contribution in [0.15, 0.2) is 46.0 Å². The molecule has 4 rings (SSSR count). The Hall–Kier alpha value is -2.07. The van der Waals surface area contributed by atoms with Crippen LogP contribution in [0.25, 0.3) is 0 Å². The molecular weight excluding hydrogens is 438 g/mol. The maximum absolute atomic E-state index is 13.1. The van der Waals surface area contributed by atoms with E-state index >= 15 is 0 Å². The SMILES string of the molecule is CC(C)(C)c1ccc(S(=O)(=O)N2CCc3nc(NC(=O)c4ccsc4)sc3C2)cc1.